The van der Waals surface area contributed by atoms with Crippen LogP contribution in [-0.4, -0.2) is 55.5 Å². The third kappa shape index (κ3) is 7.90. The molecule has 3 N–H and O–H groups in total. The number of aromatic nitrogens is 2. The van der Waals surface area contributed by atoms with Crippen LogP contribution in [0.3, 0.4) is 0 Å². The highest BCUT2D eigenvalue weighted by atomic mass is 127. The molecule has 1 heterocycles. The number of aliphatic imine (C=N–C) groups is 1. The van der Waals surface area contributed by atoms with Gasteiger partial charge in [0, 0.05) is 31.8 Å². The molecule has 1 unspecified atom stereocenters. The van der Waals surface area contributed by atoms with E-state index in [0.717, 1.165) is 23.4 Å². The van der Waals surface area contributed by atoms with Crippen LogP contribution in [0.1, 0.15) is 26.1 Å². The summed E-state index contributed by atoms with van der Waals surface area (Å²) in [6.45, 7) is 5.29. The van der Waals surface area contributed by atoms with E-state index in [4.69, 9.17) is 0 Å². The molecule has 1 aromatic heterocycles. The Kier molecular flexibility index (Phi) is 9.34. The lowest BCUT2D eigenvalue weighted by molar-refractivity contribution is 0.581. The maximum Gasteiger partial charge on any atom is 0.191 e. The van der Waals surface area contributed by atoms with Crippen molar-refractivity contribution in [3.63, 3.8) is 0 Å². The molecule has 0 radical (unpaired) electrons. The van der Waals surface area contributed by atoms with Crippen molar-refractivity contribution in [1.82, 2.24) is 20.6 Å². The molecule has 0 saturated heterocycles. The summed E-state index contributed by atoms with van der Waals surface area (Å²) in [5.74, 6) is 1.77. The minimum atomic E-state index is -2.95. The summed E-state index contributed by atoms with van der Waals surface area (Å²) in [4.78, 5) is 12.4. The lowest BCUT2D eigenvalue weighted by atomic mass is 10.3. The fourth-order valence-corrected chi connectivity index (χ4v) is 3.20. The average molecular weight is 493 g/mol. The fraction of sp³-hybridized carbons (Fsp3) is 0.529. The van der Waals surface area contributed by atoms with Crippen LogP contribution in [-0.2, 0) is 16.3 Å². The van der Waals surface area contributed by atoms with Crippen molar-refractivity contribution < 1.29 is 8.42 Å². The van der Waals surface area contributed by atoms with Gasteiger partial charge in [0.15, 0.2) is 5.96 Å². The normalized spacial score (nSPS) is 13.3. The molecule has 1 atom stereocenters. The maximum absolute atomic E-state index is 11.3. The highest BCUT2D eigenvalue weighted by Gasteiger charge is 2.09. The first-order chi connectivity index (χ1) is 11.9. The van der Waals surface area contributed by atoms with E-state index in [9.17, 15) is 8.42 Å². The van der Waals surface area contributed by atoms with E-state index in [2.05, 4.69) is 25.6 Å². The number of aromatic amines is 1. The van der Waals surface area contributed by atoms with Crippen molar-refractivity contribution in [3.05, 3.63) is 30.1 Å². The van der Waals surface area contributed by atoms with Gasteiger partial charge in [-0.05, 0) is 32.4 Å². The van der Waals surface area contributed by atoms with Gasteiger partial charge in [-0.25, -0.2) is 13.4 Å². The lowest BCUT2D eigenvalue weighted by Crippen LogP contribution is -2.43. The van der Waals surface area contributed by atoms with Crippen molar-refractivity contribution >= 4 is 50.8 Å². The fourth-order valence-electron chi connectivity index (χ4n) is 2.41. The Balaban J connectivity index is 0.00000338. The zero-order chi connectivity index (χ0) is 18.3. The molecule has 0 aliphatic heterocycles. The molecule has 0 aliphatic carbocycles. The van der Waals surface area contributed by atoms with Crippen LogP contribution in [0.5, 0.6) is 0 Å². The van der Waals surface area contributed by atoms with Crippen molar-refractivity contribution in [3.8, 4) is 0 Å². The number of hydrogen-bond acceptors (Lipinski definition) is 4. The molecule has 9 heteroatoms. The first kappa shape index (κ1) is 22.7. The number of guanidine groups is 1. The minimum Gasteiger partial charge on any atom is -0.357 e. The van der Waals surface area contributed by atoms with Crippen molar-refractivity contribution in [2.75, 3.05) is 25.1 Å². The Labute approximate surface area is 172 Å². The van der Waals surface area contributed by atoms with Crippen LogP contribution in [0.15, 0.2) is 29.3 Å². The topological polar surface area (TPSA) is 99.2 Å². The zero-order valence-electron chi connectivity index (χ0n) is 15.4. The van der Waals surface area contributed by atoms with Gasteiger partial charge in [-0.15, -0.1) is 24.0 Å². The summed E-state index contributed by atoms with van der Waals surface area (Å²) in [5, 5.41) is 6.43. The van der Waals surface area contributed by atoms with E-state index < -0.39 is 9.84 Å². The number of hydrogen-bond donors (Lipinski definition) is 3. The molecule has 2 aromatic rings. The third-order valence-electron chi connectivity index (χ3n) is 3.71. The molecule has 0 spiro atoms. The Hall–Kier alpha value is -1.36. The third-order valence-corrected chi connectivity index (χ3v) is 4.68. The summed E-state index contributed by atoms with van der Waals surface area (Å²) in [7, 11) is -2.95. The smallest absolute Gasteiger partial charge is 0.191 e. The second-order valence-electron chi connectivity index (χ2n) is 6.18. The Morgan fingerprint density at radius 2 is 2.08 bits per heavy atom. The molecule has 0 amide bonds. The summed E-state index contributed by atoms with van der Waals surface area (Å²) < 4.78 is 22.5. The standard InChI is InChI=1S/C17H27N5O2S.HI/c1-4-18-17(20-13(2)10-12-25(3,23)24)19-11-9-16-21-14-7-5-6-8-15(14)22-16;/h5-8,13H,4,9-12H2,1-3H3,(H,21,22)(H2,18,19,20);1H. The number of sulfone groups is 1. The molecule has 0 aliphatic rings. The predicted molar refractivity (Wildman–Crippen MR) is 118 cm³/mol. The molecule has 146 valence electrons. The predicted octanol–water partition coefficient (Wildman–Crippen LogP) is 2.10. The van der Waals surface area contributed by atoms with Crippen molar-refractivity contribution in [1.29, 1.82) is 0 Å². The number of para-hydroxylation sites is 2. The second kappa shape index (κ2) is 10.7. The largest absolute Gasteiger partial charge is 0.357 e. The number of fused-ring (bicyclic) bond motifs is 1. The molecule has 0 bridgehead atoms. The lowest BCUT2D eigenvalue weighted by Gasteiger charge is -2.17. The van der Waals surface area contributed by atoms with Crippen LogP contribution in [0, 0.1) is 0 Å². The number of halogens is 1. The molecular weight excluding hydrogens is 465 g/mol. The maximum atomic E-state index is 11.3. The number of nitrogens with zero attached hydrogens (tertiary/aromatic N) is 2. The van der Waals surface area contributed by atoms with Gasteiger partial charge < -0.3 is 15.6 Å². The quantitative estimate of drug-likeness (QED) is 0.297. The highest BCUT2D eigenvalue weighted by Crippen LogP contribution is 2.10. The molecule has 7 nitrogen and oxygen atoms in total. The zero-order valence-corrected chi connectivity index (χ0v) is 18.6. The van der Waals surface area contributed by atoms with Crippen molar-refractivity contribution in [2.45, 2.75) is 32.7 Å². The molecule has 2 rings (SSSR count). The van der Waals surface area contributed by atoms with E-state index in [-0.39, 0.29) is 35.8 Å². The van der Waals surface area contributed by atoms with Gasteiger partial charge in [-0.1, -0.05) is 12.1 Å². The number of benzene rings is 1. The molecule has 26 heavy (non-hydrogen) atoms. The van der Waals surface area contributed by atoms with Gasteiger partial charge >= 0.3 is 0 Å². The van der Waals surface area contributed by atoms with E-state index in [0.29, 0.717) is 25.3 Å². The highest BCUT2D eigenvalue weighted by molar-refractivity contribution is 14.0. The average Bonchev–Trinajstić information content (AvgIpc) is 2.95. The van der Waals surface area contributed by atoms with Crippen LogP contribution in [0.4, 0.5) is 0 Å². The van der Waals surface area contributed by atoms with Gasteiger partial charge in [-0.2, -0.15) is 0 Å². The number of imidazole rings is 1. The van der Waals surface area contributed by atoms with Gasteiger partial charge in [0.05, 0.1) is 16.8 Å². The molecule has 0 saturated carbocycles. The molecular formula is C17H28IN5O2S. The first-order valence-corrected chi connectivity index (χ1v) is 10.6. The number of rotatable bonds is 8. The van der Waals surface area contributed by atoms with Gasteiger partial charge in [0.1, 0.15) is 15.7 Å². The van der Waals surface area contributed by atoms with Crippen LogP contribution in [0.2, 0.25) is 0 Å². The Morgan fingerprint density at radius 1 is 1.35 bits per heavy atom. The minimum absolute atomic E-state index is 0. The van der Waals surface area contributed by atoms with E-state index >= 15 is 0 Å². The van der Waals surface area contributed by atoms with Crippen LogP contribution < -0.4 is 10.6 Å². The summed E-state index contributed by atoms with van der Waals surface area (Å²) in [6, 6.07) is 7.96. The Bertz CT molecular complexity index is 786. The van der Waals surface area contributed by atoms with Gasteiger partial charge in [0.2, 0.25) is 0 Å². The number of H-pyrrole nitrogens is 1. The van der Waals surface area contributed by atoms with Crippen LogP contribution >= 0.6 is 24.0 Å². The van der Waals surface area contributed by atoms with E-state index in [1.54, 1.807) is 0 Å². The first-order valence-electron chi connectivity index (χ1n) is 8.53. The molecule has 0 fully saturated rings. The Morgan fingerprint density at radius 3 is 2.73 bits per heavy atom. The van der Waals surface area contributed by atoms with Gasteiger partial charge in [-0.3, -0.25) is 4.99 Å². The molecule has 1 aromatic carbocycles. The van der Waals surface area contributed by atoms with Crippen molar-refractivity contribution in [2.24, 2.45) is 4.99 Å². The van der Waals surface area contributed by atoms with E-state index in [1.165, 1.54) is 6.26 Å². The summed E-state index contributed by atoms with van der Waals surface area (Å²) >= 11 is 0. The summed E-state index contributed by atoms with van der Waals surface area (Å²) in [6.07, 6.45) is 2.52. The SMILES string of the molecule is CCNC(=NCCc1nc2ccccc2[nH]1)NC(C)CCS(C)(=O)=O.I. The van der Waals surface area contributed by atoms with E-state index in [1.807, 2.05) is 38.1 Å². The monoisotopic (exact) mass is 493 g/mol. The second-order valence-corrected chi connectivity index (χ2v) is 8.43. The van der Waals surface area contributed by atoms with Crippen LogP contribution in [0.25, 0.3) is 11.0 Å². The summed E-state index contributed by atoms with van der Waals surface area (Å²) in [5.41, 5.74) is 1.99. The van der Waals surface area contributed by atoms with Gasteiger partial charge in [0.25, 0.3) is 0 Å². The number of nitrogens with one attached hydrogen (secondary N) is 3.